The van der Waals surface area contributed by atoms with E-state index in [2.05, 4.69) is 41.6 Å². The molecule has 0 radical (unpaired) electrons. The van der Waals surface area contributed by atoms with Crippen LogP contribution in [0, 0.1) is 5.92 Å². The van der Waals surface area contributed by atoms with Gasteiger partial charge in [0, 0.05) is 6.54 Å². The van der Waals surface area contributed by atoms with E-state index in [0.29, 0.717) is 11.9 Å². The number of hydrogen-bond donors (Lipinski definition) is 2. The third-order valence-electron chi connectivity index (χ3n) is 2.56. The highest BCUT2D eigenvalue weighted by Crippen LogP contribution is 2.13. The predicted octanol–water partition coefficient (Wildman–Crippen LogP) is 2.59. The molecule has 0 bridgehead atoms. The van der Waals surface area contributed by atoms with Crippen LogP contribution in [-0.4, -0.2) is 23.3 Å². The Morgan fingerprint density at radius 3 is 2.65 bits per heavy atom. The summed E-state index contributed by atoms with van der Waals surface area (Å²) in [5.41, 5.74) is 0. The largest absolute Gasteiger partial charge is 0.406 e. The first kappa shape index (κ1) is 14.0. The molecule has 1 heterocycles. The van der Waals surface area contributed by atoms with Crippen LogP contribution in [0.1, 0.15) is 52.5 Å². The van der Waals surface area contributed by atoms with Gasteiger partial charge in [0.15, 0.2) is 0 Å². The number of nitrogens with one attached hydrogen (secondary N) is 2. The quantitative estimate of drug-likeness (QED) is 0.684. The van der Waals surface area contributed by atoms with Gasteiger partial charge in [0.2, 0.25) is 5.89 Å². The van der Waals surface area contributed by atoms with Crippen molar-refractivity contribution in [1.29, 1.82) is 0 Å². The molecular weight excluding hydrogens is 216 g/mol. The summed E-state index contributed by atoms with van der Waals surface area (Å²) in [4.78, 5) is 0. The maximum atomic E-state index is 5.51. The van der Waals surface area contributed by atoms with Gasteiger partial charge in [0.1, 0.15) is 0 Å². The number of aromatic nitrogens is 2. The van der Waals surface area contributed by atoms with Gasteiger partial charge >= 0.3 is 6.01 Å². The molecule has 0 saturated heterocycles. The zero-order valence-electron chi connectivity index (χ0n) is 11.3. The number of nitrogens with zero attached hydrogens (tertiary/aromatic N) is 2. The number of hydrogen-bond acceptors (Lipinski definition) is 5. The van der Waals surface area contributed by atoms with E-state index >= 15 is 0 Å². The molecule has 2 N–H and O–H groups in total. The van der Waals surface area contributed by atoms with Crippen molar-refractivity contribution in [2.75, 3.05) is 18.4 Å². The highest BCUT2D eigenvalue weighted by atomic mass is 16.4. The molecule has 1 aromatic rings. The zero-order chi connectivity index (χ0) is 12.7. The molecule has 0 fully saturated rings. The minimum atomic E-state index is 0.110. The normalized spacial score (nSPS) is 13.0. The third-order valence-corrected chi connectivity index (χ3v) is 2.56. The van der Waals surface area contributed by atoms with Gasteiger partial charge in [-0.2, -0.15) is 0 Å². The summed E-state index contributed by atoms with van der Waals surface area (Å²) in [5.74, 6) is 1.38. The molecule has 17 heavy (non-hydrogen) atoms. The fourth-order valence-corrected chi connectivity index (χ4v) is 1.58. The lowest BCUT2D eigenvalue weighted by molar-refractivity contribution is 0.428. The van der Waals surface area contributed by atoms with E-state index in [4.69, 9.17) is 4.42 Å². The Morgan fingerprint density at radius 2 is 2.00 bits per heavy atom. The van der Waals surface area contributed by atoms with Crippen LogP contribution in [0.25, 0.3) is 0 Å². The third kappa shape index (κ3) is 5.17. The van der Waals surface area contributed by atoms with Crippen molar-refractivity contribution in [3.8, 4) is 0 Å². The highest BCUT2D eigenvalue weighted by molar-refractivity contribution is 5.16. The van der Waals surface area contributed by atoms with Gasteiger partial charge in [0.05, 0.1) is 6.04 Å². The second-order valence-electron chi connectivity index (χ2n) is 4.69. The van der Waals surface area contributed by atoms with Crippen molar-refractivity contribution in [1.82, 2.24) is 15.5 Å². The van der Waals surface area contributed by atoms with Crippen molar-refractivity contribution in [2.45, 2.75) is 46.6 Å². The highest BCUT2D eigenvalue weighted by Gasteiger charge is 2.12. The summed E-state index contributed by atoms with van der Waals surface area (Å²) in [6, 6.07) is 0.632. The lowest BCUT2D eigenvalue weighted by atomic mass is 10.1. The molecule has 0 saturated carbocycles. The first-order valence-electron chi connectivity index (χ1n) is 6.44. The first-order valence-corrected chi connectivity index (χ1v) is 6.44. The van der Waals surface area contributed by atoms with E-state index in [1.807, 2.05) is 6.92 Å². The van der Waals surface area contributed by atoms with E-state index in [-0.39, 0.29) is 6.04 Å². The van der Waals surface area contributed by atoms with Crippen molar-refractivity contribution < 1.29 is 4.42 Å². The summed E-state index contributed by atoms with van der Waals surface area (Å²) < 4.78 is 5.51. The van der Waals surface area contributed by atoms with Crippen LogP contribution in [-0.2, 0) is 0 Å². The molecule has 0 aliphatic heterocycles. The Balaban J connectivity index is 2.30. The average molecular weight is 240 g/mol. The minimum absolute atomic E-state index is 0.110. The van der Waals surface area contributed by atoms with Gasteiger partial charge in [0.25, 0.3) is 0 Å². The summed E-state index contributed by atoms with van der Waals surface area (Å²) in [5, 5.41) is 14.4. The van der Waals surface area contributed by atoms with Crippen LogP contribution in [0.15, 0.2) is 4.42 Å². The van der Waals surface area contributed by atoms with Crippen molar-refractivity contribution in [3.05, 3.63) is 5.89 Å². The summed E-state index contributed by atoms with van der Waals surface area (Å²) in [6.45, 7) is 10.3. The molecule has 1 unspecified atom stereocenters. The molecule has 0 aliphatic carbocycles. The monoisotopic (exact) mass is 240 g/mol. The molecule has 0 aromatic carbocycles. The van der Waals surface area contributed by atoms with Gasteiger partial charge < -0.3 is 15.1 Å². The molecule has 1 atom stereocenters. The smallest absolute Gasteiger partial charge is 0.315 e. The summed E-state index contributed by atoms with van der Waals surface area (Å²) in [7, 11) is 0. The summed E-state index contributed by atoms with van der Waals surface area (Å²) >= 11 is 0. The lowest BCUT2D eigenvalue weighted by Gasteiger charge is -2.06. The molecule has 5 heteroatoms. The van der Waals surface area contributed by atoms with Crippen LogP contribution >= 0.6 is 0 Å². The molecule has 1 rings (SSSR count). The van der Waals surface area contributed by atoms with Crippen LogP contribution in [0.2, 0.25) is 0 Å². The Bertz CT molecular complexity index is 311. The molecule has 5 nitrogen and oxygen atoms in total. The molecule has 0 amide bonds. The van der Waals surface area contributed by atoms with Crippen molar-refractivity contribution >= 4 is 6.01 Å². The van der Waals surface area contributed by atoms with E-state index in [9.17, 15) is 0 Å². The van der Waals surface area contributed by atoms with Crippen LogP contribution in [0.5, 0.6) is 0 Å². The molecule has 1 aromatic heterocycles. The average Bonchev–Trinajstić information content (AvgIpc) is 2.73. The van der Waals surface area contributed by atoms with E-state index < -0.39 is 0 Å². The molecule has 0 aliphatic rings. The van der Waals surface area contributed by atoms with Gasteiger partial charge in [-0.25, -0.2) is 0 Å². The van der Waals surface area contributed by atoms with Crippen LogP contribution < -0.4 is 10.6 Å². The molecule has 0 spiro atoms. The van der Waals surface area contributed by atoms with E-state index in [1.165, 1.54) is 6.42 Å². The molecular formula is C12H24N4O. The van der Waals surface area contributed by atoms with Gasteiger partial charge in [-0.1, -0.05) is 25.9 Å². The van der Waals surface area contributed by atoms with Crippen LogP contribution in [0.4, 0.5) is 6.01 Å². The fraction of sp³-hybridized carbons (Fsp3) is 0.833. The maximum absolute atomic E-state index is 5.51. The standard InChI is InChI=1S/C12H24N4O/c1-5-13-10(4)11-15-16-12(17-11)14-8-6-7-9(2)3/h9-10,13H,5-8H2,1-4H3,(H,14,16). The minimum Gasteiger partial charge on any atom is -0.406 e. The molecule has 98 valence electrons. The van der Waals surface area contributed by atoms with E-state index in [1.54, 1.807) is 0 Å². The van der Waals surface area contributed by atoms with Crippen molar-refractivity contribution in [3.63, 3.8) is 0 Å². The maximum Gasteiger partial charge on any atom is 0.315 e. The lowest BCUT2D eigenvalue weighted by Crippen LogP contribution is -2.17. The van der Waals surface area contributed by atoms with Crippen molar-refractivity contribution in [2.24, 2.45) is 5.92 Å². The second kappa shape index (κ2) is 7.27. The Morgan fingerprint density at radius 1 is 1.24 bits per heavy atom. The second-order valence-corrected chi connectivity index (χ2v) is 4.69. The van der Waals surface area contributed by atoms with Gasteiger partial charge in [-0.05, 0) is 32.2 Å². The zero-order valence-corrected chi connectivity index (χ0v) is 11.3. The van der Waals surface area contributed by atoms with Gasteiger partial charge in [-0.15, -0.1) is 5.10 Å². The fourth-order valence-electron chi connectivity index (χ4n) is 1.58. The topological polar surface area (TPSA) is 63.0 Å². The Kier molecular flexibility index (Phi) is 5.97. The SMILES string of the molecule is CCNC(C)c1nnc(NCCCC(C)C)o1. The Labute approximate surface area is 103 Å². The first-order chi connectivity index (χ1) is 8.13. The van der Waals surface area contributed by atoms with Crippen LogP contribution in [0.3, 0.4) is 0 Å². The predicted molar refractivity (Wildman–Crippen MR) is 69.0 cm³/mol. The van der Waals surface area contributed by atoms with Gasteiger partial charge in [-0.3, -0.25) is 0 Å². The summed E-state index contributed by atoms with van der Waals surface area (Å²) in [6.07, 6.45) is 2.33. The van der Waals surface area contributed by atoms with E-state index in [0.717, 1.165) is 25.4 Å². The Hall–Kier alpha value is -1.10. The number of anilines is 1. The number of rotatable bonds is 8.